The van der Waals surface area contributed by atoms with Crippen LogP contribution in [-0.4, -0.2) is 25.7 Å². The zero-order valence-corrected chi connectivity index (χ0v) is 12.0. The van der Waals surface area contributed by atoms with Crippen molar-refractivity contribution in [2.45, 2.75) is 13.3 Å². The van der Waals surface area contributed by atoms with Gasteiger partial charge in [0.1, 0.15) is 5.52 Å². The van der Waals surface area contributed by atoms with Crippen LogP contribution < -0.4 is 14.4 Å². The van der Waals surface area contributed by atoms with E-state index in [1.54, 1.807) is 14.2 Å². The number of nitrogens with zero attached hydrogens (tertiary/aromatic N) is 2. The van der Waals surface area contributed by atoms with Crippen molar-refractivity contribution in [3.63, 3.8) is 0 Å². The van der Waals surface area contributed by atoms with Gasteiger partial charge >= 0.3 is 0 Å². The van der Waals surface area contributed by atoms with Crippen molar-refractivity contribution in [2.75, 3.05) is 25.7 Å². The number of rotatable bonds is 4. The van der Waals surface area contributed by atoms with Crippen molar-refractivity contribution in [3.8, 4) is 11.5 Å². The molecule has 3 rings (SSSR count). The number of methoxy groups -OCH3 is 2. The summed E-state index contributed by atoms with van der Waals surface area (Å²) in [5.41, 5.74) is 3.15. The molecule has 0 bridgehead atoms. The fourth-order valence-corrected chi connectivity index (χ4v) is 2.71. The molecule has 0 atom stereocenters. The number of hydrogen-bond acceptors (Lipinski definition) is 4. The Morgan fingerprint density at radius 1 is 1.25 bits per heavy atom. The van der Waals surface area contributed by atoms with Gasteiger partial charge in [-0.15, -0.1) is 0 Å². The van der Waals surface area contributed by atoms with Crippen LogP contribution in [0.15, 0.2) is 24.5 Å². The average molecular weight is 270 g/mol. The smallest absolute Gasteiger partial charge is 0.187 e. The van der Waals surface area contributed by atoms with Gasteiger partial charge in [-0.05, 0) is 30.2 Å². The van der Waals surface area contributed by atoms with Gasteiger partial charge in [0, 0.05) is 24.3 Å². The van der Waals surface area contributed by atoms with E-state index in [0.717, 1.165) is 29.4 Å². The lowest BCUT2D eigenvalue weighted by atomic mass is 10.0. The summed E-state index contributed by atoms with van der Waals surface area (Å²) in [6, 6.07) is 4.06. The molecule has 0 fully saturated rings. The standard InChI is InChI=1S/C16H18N2O2/c1-4-8-18-9-6-11-10-13(19-2)16(20-3)15-14(11)12(18)5-7-17-15/h5-7,9-10H,4,8H2,1-3H3. The van der Waals surface area contributed by atoms with Gasteiger partial charge in [-0.25, -0.2) is 0 Å². The predicted octanol–water partition coefficient (Wildman–Crippen LogP) is 3.45. The first-order valence-corrected chi connectivity index (χ1v) is 6.78. The van der Waals surface area contributed by atoms with E-state index in [1.807, 2.05) is 12.3 Å². The molecule has 0 amide bonds. The first-order valence-electron chi connectivity index (χ1n) is 6.78. The van der Waals surface area contributed by atoms with E-state index in [9.17, 15) is 0 Å². The molecule has 2 aromatic rings. The van der Waals surface area contributed by atoms with Crippen molar-refractivity contribution in [1.29, 1.82) is 0 Å². The summed E-state index contributed by atoms with van der Waals surface area (Å²) in [4.78, 5) is 6.75. The van der Waals surface area contributed by atoms with Crippen LogP contribution in [0, 0.1) is 0 Å². The monoisotopic (exact) mass is 270 g/mol. The second kappa shape index (κ2) is 5.04. The molecular formula is C16H18N2O2. The lowest BCUT2D eigenvalue weighted by Gasteiger charge is -2.26. The number of anilines is 1. The molecule has 1 aliphatic heterocycles. The van der Waals surface area contributed by atoms with E-state index in [0.29, 0.717) is 11.5 Å². The fraction of sp³-hybridized carbons (Fsp3) is 0.312. The summed E-state index contributed by atoms with van der Waals surface area (Å²) >= 11 is 0. The lowest BCUT2D eigenvalue weighted by Crippen LogP contribution is -2.19. The molecule has 0 radical (unpaired) electrons. The number of pyridine rings is 1. The SMILES string of the molecule is CCCN1C=Cc2cc(OC)c(OC)c3nccc1c23. The van der Waals surface area contributed by atoms with Gasteiger partial charge in [0.15, 0.2) is 11.5 Å². The van der Waals surface area contributed by atoms with Gasteiger partial charge in [-0.1, -0.05) is 6.92 Å². The molecule has 1 aliphatic rings. The lowest BCUT2D eigenvalue weighted by molar-refractivity contribution is 0.358. The minimum absolute atomic E-state index is 0.694. The van der Waals surface area contributed by atoms with Crippen molar-refractivity contribution in [3.05, 3.63) is 30.1 Å². The largest absolute Gasteiger partial charge is 0.493 e. The van der Waals surface area contributed by atoms with Crippen LogP contribution in [0.3, 0.4) is 0 Å². The number of benzene rings is 1. The molecule has 20 heavy (non-hydrogen) atoms. The second-order valence-electron chi connectivity index (χ2n) is 4.76. The van der Waals surface area contributed by atoms with Crippen LogP contribution in [0.4, 0.5) is 5.69 Å². The molecule has 0 aliphatic carbocycles. The van der Waals surface area contributed by atoms with Gasteiger partial charge in [0.05, 0.1) is 19.9 Å². The van der Waals surface area contributed by atoms with Gasteiger partial charge in [-0.2, -0.15) is 0 Å². The highest BCUT2D eigenvalue weighted by Crippen LogP contribution is 2.42. The molecule has 0 spiro atoms. The molecule has 1 aromatic heterocycles. The molecule has 0 N–H and O–H groups in total. The predicted molar refractivity (Wildman–Crippen MR) is 81.5 cm³/mol. The topological polar surface area (TPSA) is 34.6 Å². The maximum absolute atomic E-state index is 5.49. The molecular weight excluding hydrogens is 252 g/mol. The number of ether oxygens (including phenoxy) is 2. The minimum atomic E-state index is 0.694. The Hall–Kier alpha value is -2.23. The Morgan fingerprint density at radius 3 is 2.80 bits per heavy atom. The Bertz CT molecular complexity index is 680. The summed E-state index contributed by atoms with van der Waals surface area (Å²) in [7, 11) is 3.30. The fourth-order valence-electron chi connectivity index (χ4n) is 2.71. The third kappa shape index (κ3) is 1.80. The van der Waals surface area contributed by atoms with Gasteiger partial charge in [0.2, 0.25) is 0 Å². The summed E-state index contributed by atoms with van der Waals surface area (Å²) in [5.74, 6) is 1.41. The van der Waals surface area contributed by atoms with E-state index in [4.69, 9.17) is 9.47 Å². The molecule has 0 saturated heterocycles. The van der Waals surface area contributed by atoms with Gasteiger partial charge in [-0.3, -0.25) is 4.98 Å². The number of hydrogen-bond donors (Lipinski definition) is 0. The van der Waals surface area contributed by atoms with Crippen molar-refractivity contribution >= 4 is 22.7 Å². The summed E-state index contributed by atoms with van der Waals surface area (Å²) in [5, 5.41) is 1.13. The van der Waals surface area contributed by atoms with Crippen LogP contribution in [-0.2, 0) is 0 Å². The third-order valence-electron chi connectivity index (χ3n) is 3.58. The molecule has 4 nitrogen and oxygen atoms in total. The highest BCUT2D eigenvalue weighted by molar-refractivity contribution is 6.04. The van der Waals surface area contributed by atoms with E-state index < -0.39 is 0 Å². The minimum Gasteiger partial charge on any atom is -0.493 e. The highest BCUT2D eigenvalue weighted by atomic mass is 16.5. The van der Waals surface area contributed by atoms with Gasteiger partial charge < -0.3 is 14.4 Å². The second-order valence-corrected chi connectivity index (χ2v) is 4.76. The van der Waals surface area contributed by atoms with E-state index in [-0.39, 0.29) is 0 Å². The van der Waals surface area contributed by atoms with Crippen LogP contribution in [0.25, 0.3) is 17.0 Å². The zero-order chi connectivity index (χ0) is 14.1. The Labute approximate surface area is 118 Å². The van der Waals surface area contributed by atoms with Crippen molar-refractivity contribution < 1.29 is 9.47 Å². The molecule has 4 heteroatoms. The first kappa shape index (κ1) is 12.8. The quantitative estimate of drug-likeness (QED) is 0.852. The maximum Gasteiger partial charge on any atom is 0.187 e. The van der Waals surface area contributed by atoms with E-state index in [2.05, 4.69) is 35.1 Å². The van der Waals surface area contributed by atoms with Crippen LogP contribution in [0.5, 0.6) is 11.5 Å². The highest BCUT2D eigenvalue weighted by Gasteiger charge is 2.20. The zero-order valence-electron chi connectivity index (χ0n) is 12.0. The van der Waals surface area contributed by atoms with Crippen LogP contribution in [0.1, 0.15) is 18.9 Å². The average Bonchev–Trinajstić information content (AvgIpc) is 2.49. The third-order valence-corrected chi connectivity index (χ3v) is 3.58. The molecule has 0 unspecified atom stereocenters. The molecule has 1 aromatic carbocycles. The normalized spacial score (nSPS) is 12.8. The van der Waals surface area contributed by atoms with Crippen LogP contribution in [0.2, 0.25) is 0 Å². The Morgan fingerprint density at radius 2 is 2.10 bits per heavy atom. The molecule has 0 saturated carbocycles. The summed E-state index contributed by atoms with van der Waals surface area (Å²) in [6.07, 6.45) is 7.14. The van der Waals surface area contributed by atoms with Crippen LogP contribution >= 0.6 is 0 Å². The number of aromatic nitrogens is 1. The summed E-state index contributed by atoms with van der Waals surface area (Å²) in [6.45, 7) is 3.17. The first-order chi connectivity index (χ1) is 9.80. The maximum atomic E-state index is 5.49. The molecule has 104 valence electrons. The van der Waals surface area contributed by atoms with Crippen molar-refractivity contribution in [1.82, 2.24) is 4.98 Å². The molecule has 2 heterocycles. The summed E-state index contributed by atoms with van der Waals surface area (Å²) < 4.78 is 10.9. The van der Waals surface area contributed by atoms with E-state index in [1.165, 1.54) is 5.69 Å². The van der Waals surface area contributed by atoms with E-state index >= 15 is 0 Å². The Balaban J connectivity index is 2.32. The Kier molecular flexibility index (Phi) is 3.22. The van der Waals surface area contributed by atoms with Gasteiger partial charge in [0.25, 0.3) is 0 Å². The van der Waals surface area contributed by atoms with Crippen molar-refractivity contribution in [2.24, 2.45) is 0 Å².